The Morgan fingerprint density at radius 1 is 1.56 bits per heavy atom. The summed E-state index contributed by atoms with van der Waals surface area (Å²) in [5.41, 5.74) is -0.134. The van der Waals surface area contributed by atoms with E-state index in [1.54, 1.807) is 19.1 Å². The highest BCUT2D eigenvalue weighted by molar-refractivity contribution is 5.72. The summed E-state index contributed by atoms with van der Waals surface area (Å²) in [6.07, 6.45) is 1.60. The molecule has 7 nitrogen and oxygen atoms in total. The minimum absolute atomic E-state index is 0.112. The first-order chi connectivity index (χ1) is 7.72. The van der Waals surface area contributed by atoms with Gasteiger partial charge in [0.1, 0.15) is 5.52 Å². The fourth-order valence-corrected chi connectivity index (χ4v) is 1.08. The van der Waals surface area contributed by atoms with Crippen molar-refractivity contribution in [2.75, 3.05) is 0 Å². The number of carbonyl (C=O) groups is 1. The van der Waals surface area contributed by atoms with Gasteiger partial charge in [0.15, 0.2) is 5.52 Å². The normalized spacial score (nSPS) is 10.3. The molecule has 0 radical (unpaired) electrons. The molecule has 0 saturated carbocycles. The lowest BCUT2D eigenvalue weighted by molar-refractivity contribution is -0.146. The molecule has 2 rings (SSSR count). The van der Waals surface area contributed by atoms with E-state index in [0.29, 0.717) is 10.4 Å². The second kappa shape index (κ2) is 4.05. The Labute approximate surface area is 89.6 Å². The summed E-state index contributed by atoms with van der Waals surface area (Å²) in [6.45, 7) is 1.61. The molecular weight excluding hydrogens is 212 g/mol. The van der Waals surface area contributed by atoms with Crippen molar-refractivity contribution in [3.05, 3.63) is 28.7 Å². The number of aromatic nitrogens is 4. The maximum absolute atomic E-state index is 11.7. The lowest BCUT2D eigenvalue weighted by Gasteiger charge is -2.02. The molecule has 0 atom stereocenters. The van der Waals surface area contributed by atoms with Crippen LogP contribution in [0.25, 0.3) is 11.0 Å². The molecule has 2 aromatic heterocycles. The number of carbonyl (C=O) groups excluding carboxylic acids is 1. The Morgan fingerprint density at radius 2 is 2.38 bits per heavy atom. The first-order valence-corrected chi connectivity index (χ1v) is 4.64. The minimum Gasteiger partial charge on any atom is -0.314 e. The second-order valence-electron chi connectivity index (χ2n) is 2.96. The van der Waals surface area contributed by atoms with Crippen LogP contribution in [0.5, 0.6) is 0 Å². The van der Waals surface area contributed by atoms with Crippen molar-refractivity contribution in [1.82, 2.24) is 20.1 Å². The molecule has 0 bridgehead atoms. The van der Waals surface area contributed by atoms with Gasteiger partial charge in [-0.2, -0.15) is 0 Å². The van der Waals surface area contributed by atoms with Gasteiger partial charge in [0.05, 0.1) is 0 Å². The zero-order chi connectivity index (χ0) is 11.5. The summed E-state index contributed by atoms with van der Waals surface area (Å²) >= 11 is 0. The number of hydrogen-bond donors (Lipinski definition) is 0. The Kier molecular flexibility index (Phi) is 2.59. The molecule has 16 heavy (non-hydrogen) atoms. The summed E-state index contributed by atoms with van der Waals surface area (Å²) in [5, 5.41) is 7.17. The molecule has 0 saturated heterocycles. The molecule has 0 aliphatic carbocycles. The SMILES string of the molecule is CCC(=O)On1nnc2cccnc2c1=O. The van der Waals surface area contributed by atoms with Crippen molar-refractivity contribution in [2.45, 2.75) is 13.3 Å². The fraction of sp³-hybridized carbons (Fsp3) is 0.222. The van der Waals surface area contributed by atoms with Crippen LogP contribution in [0.2, 0.25) is 0 Å². The molecule has 0 aromatic carbocycles. The zero-order valence-corrected chi connectivity index (χ0v) is 8.45. The fourth-order valence-electron chi connectivity index (χ4n) is 1.08. The Morgan fingerprint density at radius 3 is 3.12 bits per heavy atom. The number of nitrogens with zero attached hydrogens (tertiary/aromatic N) is 4. The summed E-state index contributed by atoms with van der Waals surface area (Å²) in [5.74, 6) is -0.563. The molecule has 0 fully saturated rings. The predicted octanol–water partition coefficient (Wildman–Crippen LogP) is -0.448. The number of rotatable bonds is 2. The van der Waals surface area contributed by atoms with Crippen molar-refractivity contribution in [1.29, 1.82) is 0 Å². The Bertz CT molecular complexity index is 593. The molecule has 0 spiro atoms. The van der Waals surface area contributed by atoms with Crippen LogP contribution in [0.1, 0.15) is 13.3 Å². The van der Waals surface area contributed by atoms with Crippen molar-refractivity contribution < 1.29 is 9.63 Å². The number of fused-ring (bicyclic) bond motifs is 1. The molecular formula is C9H8N4O3. The first-order valence-electron chi connectivity index (χ1n) is 4.64. The molecule has 2 aromatic rings. The van der Waals surface area contributed by atoms with Crippen molar-refractivity contribution >= 4 is 17.0 Å². The first kappa shape index (κ1) is 10.2. The Balaban J connectivity index is 2.53. The Hall–Kier alpha value is -2.31. The highest BCUT2D eigenvalue weighted by atomic mass is 16.7. The number of pyridine rings is 1. The largest absolute Gasteiger partial charge is 0.334 e. The molecule has 0 amide bonds. The van der Waals surface area contributed by atoms with Gasteiger partial charge in [-0.25, -0.2) is 9.78 Å². The molecule has 82 valence electrons. The van der Waals surface area contributed by atoms with Crippen molar-refractivity contribution in [3.8, 4) is 0 Å². The quantitative estimate of drug-likeness (QED) is 0.637. The van der Waals surface area contributed by atoms with Crippen LogP contribution < -0.4 is 10.4 Å². The van der Waals surface area contributed by atoms with Gasteiger partial charge in [0, 0.05) is 12.6 Å². The number of hydrogen-bond acceptors (Lipinski definition) is 6. The van der Waals surface area contributed by atoms with E-state index < -0.39 is 11.5 Å². The van der Waals surface area contributed by atoms with Crippen molar-refractivity contribution in [3.63, 3.8) is 0 Å². The van der Waals surface area contributed by atoms with Gasteiger partial charge in [0.25, 0.3) is 0 Å². The zero-order valence-electron chi connectivity index (χ0n) is 8.45. The second-order valence-corrected chi connectivity index (χ2v) is 2.96. The van der Waals surface area contributed by atoms with Crippen LogP contribution >= 0.6 is 0 Å². The third-order valence-electron chi connectivity index (χ3n) is 1.87. The average Bonchev–Trinajstić information content (AvgIpc) is 2.33. The van der Waals surface area contributed by atoms with E-state index in [2.05, 4.69) is 20.1 Å². The van der Waals surface area contributed by atoms with Gasteiger partial charge in [0.2, 0.25) is 0 Å². The van der Waals surface area contributed by atoms with E-state index in [0.717, 1.165) is 0 Å². The summed E-state index contributed by atoms with van der Waals surface area (Å²) in [4.78, 5) is 31.7. The van der Waals surface area contributed by atoms with Gasteiger partial charge in [-0.1, -0.05) is 6.92 Å². The minimum atomic E-state index is -0.604. The van der Waals surface area contributed by atoms with Gasteiger partial charge in [-0.05, 0) is 22.2 Å². The lowest BCUT2D eigenvalue weighted by Crippen LogP contribution is -2.33. The van der Waals surface area contributed by atoms with Gasteiger partial charge in [-0.3, -0.25) is 4.79 Å². The average molecular weight is 220 g/mol. The highest BCUT2D eigenvalue weighted by Gasteiger charge is 2.09. The standard InChI is InChI=1S/C9H8N4O3/c1-2-7(14)16-13-9(15)8-6(11-12-13)4-3-5-10-8/h3-5H,2H2,1H3. The highest BCUT2D eigenvalue weighted by Crippen LogP contribution is 1.98. The molecule has 7 heteroatoms. The summed E-state index contributed by atoms with van der Waals surface area (Å²) < 4.78 is 0. The summed E-state index contributed by atoms with van der Waals surface area (Å²) in [6, 6.07) is 3.24. The monoisotopic (exact) mass is 220 g/mol. The van der Waals surface area contributed by atoms with E-state index in [9.17, 15) is 9.59 Å². The molecule has 0 unspecified atom stereocenters. The van der Waals surface area contributed by atoms with Gasteiger partial charge >= 0.3 is 11.5 Å². The summed E-state index contributed by atoms with van der Waals surface area (Å²) in [7, 11) is 0. The predicted molar refractivity (Wildman–Crippen MR) is 53.5 cm³/mol. The van der Waals surface area contributed by atoms with E-state index in [1.165, 1.54) is 6.20 Å². The van der Waals surface area contributed by atoms with Crippen LogP contribution in [0.3, 0.4) is 0 Å². The smallest absolute Gasteiger partial charge is 0.314 e. The van der Waals surface area contributed by atoms with E-state index in [-0.39, 0.29) is 11.9 Å². The maximum atomic E-state index is 11.7. The van der Waals surface area contributed by atoms with E-state index in [4.69, 9.17) is 0 Å². The van der Waals surface area contributed by atoms with E-state index in [1.807, 2.05) is 0 Å². The van der Waals surface area contributed by atoms with Gasteiger partial charge in [-0.15, -0.1) is 5.10 Å². The molecule has 0 N–H and O–H groups in total. The van der Waals surface area contributed by atoms with Crippen LogP contribution in [-0.2, 0) is 4.79 Å². The molecule has 2 heterocycles. The van der Waals surface area contributed by atoms with Crippen molar-refractivity contribution in [2.24, 2.45) is 0 Å². The van der Waals surface area contributed by atoms with Gasteiger partial charge < -0.3 is 4.84 Å². The molecule has 0 aliphatic rings. The van der Waals surface area contributed by atoms with E-state index >= 15 is 0 Å². The van der Waals surface area contributed by atoms with Crippen LogP contribution in [0.15, 0.2) is 23.1 Å². The maximum Gasteiger partial charge on any atom is 0.334 e. The van der Waals surface area contributed by atoms with Crippen LogP contribution in [-0.4, -0.2) is 26.1 Å². The third kappa shape index (κ3) is 1.74. The van der Waals surface area contributed by atoms with Crippen LogP contribution in [0.4, 0.5) is 0 Å². The third-order valence-corrected chi connectivity index (χ3v) is 1.87. The van der Waals surface area contributed by atoms with Crippen LogP contribution in [0, 0.1) is 0 Å². The topological polar surface area (TPSA) is 87.0 Å². The molecule has 0 aliphatic heterocycles. The lowest BCUT2D eigenvalue weighted by atomic mass is 10.4.